The Morgan fingerprint density at radius 2 is 1.88 bits per heavy atom. The fraction of sp³-hybridized carbons (Fsp3) is 0.357. The van der Waals surface area contributed by atoms with Crippen molar-refractivity contribution in [2.45, 2.75) is 20.0 Å². The number of hydrogen-bond acceptors (Lipinski definition) is 3. The van der Waals surface area contributed by atoms with E-state index in [2.05, 4.69) is 27.4 Å². The van der Waals surface area contributed by atoms with Gasteiger partial charge in [-0.3, -0.25) is 4.99 Å². The lowest BCUT2D eigenvalue weighted by Gasteiger charge is -2.24. The molecular formula is C14H21N3. The number of nitrogens with zero attached hydrogens (tertiary/aromatic N) is 3. The highest BCUT2D eigenvalue weighted by Gasteiger charge is 2.16. The minimum absolute atomic E-state index is 0.254. The fourth-order valence-electron chi connectivity index (χ4n) is 1.44. The first-order valence-electron chi connectivity index (χ1n) is 5.71. The maximum absolute atomic E-state index is 4.27. The Morgan fingerprint density at radius 3 is 2.41 bits per heavy atom. The van der Waals surface area contributed by atoms with Gasteiger partial charge in [0.15, 0.2) is 0 Å². The number of allylic oxidation sites excluding steroid dienone is 3. The summed E-state index contributed by atoms with van der Waals surface area (Å²) >= 11 is 0. The highest BCUT2D eigenvalue weighted by molar-refractivity contribution is 5.78. The van der Waals surface area contributed by atoms with Crippen LogP contribution in [0.4, 0.5) is 0 Å². The summed E-state index contributed by atoms with van der Waals surface area (Å²) in [6.45, 7) is 7.91. The first-order chi connectivity index (χ1) is 8.04. The molecule has 0 amide bonds. The molecule has 0 unspecified atom stereocenters. The lowest BCUT2D eigenvalue weighted by Crippen LogP contribution is -2.31. The molecule has 0 atom stereocenters. The van der Waals surface area contributed by atoms with Crippen molar-refractivity contribution in [3.05, 3.63) is 48.5 Å². The second kappa shape index (κ2) is 6.09. The van der Waals surface area contributed by atoms with Crippen molar-refractivity contribution in [1.29, 1.82) is 0 Å². The van der Waals surface area contributed by atoms with E-state index in [1.54, 1.807) is 0 Å². The number of hydrogen-bond donors (Lipinski definition) is 0. The Bertz CT molecular complexity index is 376. The monoisotopic (exact) mass is 231 g/mol. The molecule has 17 heavy (non-hydrogen) atoms. The summed E-state index contributed by atoms with van der Waals surface area (Å²) in [5, 5.41) is 0. The second-order valence-corrected chi connectivity index (χ2v) is 4.18. The normalized spacial score (nSPS) is 18.0. The van der Waals surface area contributed by atoms with Crippen LogP contribution in [0.1, 0.15) is 13.8 Å². The third-order valence-corrected chi connectivity index (χ3v) is 2.72. The van der Waals surface area contributed by atoms with Gasteiger partial charge in [0.25, 0.3) is 0 Å². The molecule has 0 radical (unpaired) electrons. The Morgan fingerprint density at radius 1 is 1.29 bits per heavy atom. The van der Waals surface area contributed by atoms with Crippen molar-refractivity contribution in [3.63, 3.8) is 0 Å². The maximum Gasteiger partial charge on any atom is 0.120 e. The van der Waals surface area contributed by atoms with E-state index in [0.29, 0.717) is 0 Å². The zero-order chi connectivity index (χ0) is 12.8. The van der Waals surface area contributed by atoms with Gasteiger partial charge in [-0.05, 0) is 31.6 Å². The molecule has 1 heterocycles. The Balaban J connectivity index is 2.54. The highest BCUT2D eigenvalue weighted by Crippen LogP contribution is 2.13. The lowest BCUT2D eigenvalue weighted by atomic mass is 10.3. The maximum atomic E-state index is 4.27. The number of aliphatic imine (C=N–C) groups is 1. The largest absolute Gasteiger partial charge is 0.356 e. The summed E-state index contributed by atoms with van der Waals surface area (Å²) < 4.78 is 0. The van der Waals surface area contributed by atoms with Gasteiger partial charge in [-0.2, -0.15) is 0 Å². The zero-order valence-electron chi connectivity index (χ0n) is 11.1. The molecule has 0 bridgehead atoms. The minimum atomic E-state index is 0.254. The second-order valence-electron chi connectivity index (χ2n) is 4.18. The van der Waals surface area contributed by atoms with Crippen molar-refractivity contribution in [2.24, 2.45) is 4.99 Å². The van der Waals surface area contributed by atoms with E-state index in [0.717, 1.165) is 11.3 Å². The van der Waals surface area contributed by atoms with Gasteiger partial charge < -0.3 is 9.80 Å². The van der Waals surface area contributed by atoms with Gasteiger partial charge in [-0.1, -0.05) is 12.7 Å². The van der Waals surface area contributed by atoms with E-state index in [-0.39, 0.29) is 6.17 Å². The van der Waals surface area contributed by atoms with Crippen LogP contribution in [0, 0.1) is 0 Å². The van der Waals surface area contributed by atoms with Crippen molar-refractivity contribution >= 4 is 6.21 Å². The molecule has 0 N–H and O–H groups in total. The van der Waals surface area contributed by atoms with Crippen LogP contribution >= 0.6 is 0 Å². The van der Waals surface area contributed by atoms with Gasteiger partial charge in [-0.25, -0.2) is 0 Å². The predicted octanol–water partition coefficient (Wildman–Crippen LogP) is 2.77. The van der Waals surface area contributed by atoms with Crippen LogP contribution in [0.2, 0.25) is 0 Å². The van der Waals surface area contributed by atoms with E-state index in [1.165, 1.54) is 0 Å². The molecule has 0 fully saturated rings. The van der Waals surface area contributed by atoms with Crippen LogP contribution in [0.15, 0.2) is 53.5 Å². The fourth-order valence-corrected chi connectivity index (χ4v) is 1.44. The molecule has 92 valence electrons. The van der Waals surface area contributed by atoms with Crippen LogP contribution in [0.3, 0.4) is 0 Å². The molecule has 3 nitrogen and oxygen atoms in total. The molecular weight excluding hydrogens is 210 g/mol. The van der Waals surface area contributed by atoms with Gasteiger partial charge in [0.2, 0.25) is 0 Å². The van der Waals surface area contributed by atoms with Crippen LogP contribution < -0.4 is 0 Å². The number of likely N-dealkylation sites (N-methyl/N-ethyl adjacent to an activating group) is 2. The van der Waals surface area contributed by atoms with Crippen molar-refractivity contribution in [3.8, 4) is 0 Å². The van der Waals surface area contributed by atoms with Crippen LogP contribution in [-0.4, -0.2) is 36.3 Å². The summed E-state index contributed by atoms with van der Waals surface area (Å²) in [4.78, 5) is 8.53. The summed E-state index contributed by atoms with van der Waals surface area (Å²) in [6.07, 6.45) is 12.2. The van der Waals surface area contributed by atoms with Gasteiger partial charge >= 0.3 is 0 Å². The molecule has 1 aliphatic heterocycles. The summed E-state index contributed by atoms with van der Waals surface area (Å²) in [7, 11) is 4.09. The lowest BCUT2D eigenvalue weighted by molar-refractivity contribution is 0.257. The molecule has 1 aliphatic rings. The van der Waals surface area contributed by atoms with Crippen LogP contribution in [0.25, 0.3) is 0 Å². The smallest absolute Gasteiger partial charge is 0.120 e. The van der Waals surface area contributed by atoms with E-state index < -0.39 is 0 Å². The van der Waals surface area contributed by atoms with Crippen molar-refractivity contribution in [2.75, 3.05) is 14.1 Å². The van der Waals surface area contributed by atoms with Gasteiger partial charge in [0.1, 0.15) is 6.17 Å². The van der Waals surface area contributed by atoms with Crippen molar-refractivity contribution in [1.82, 2.24) is 9.80 Å². The molecule has 0 saturated carbocycles. The molecule has 0 aromatic heterocycles. The molecule has 1 rings (SSSR count). The average molecular weight is 231 g/mol. The third kappa shape index (κ3) is 3.94. The van der Waals surface area contributed by atoms with Gasteiger partial charge in [0.05, 0.1) is 5.70 Å². The molecule has 0 saturated heterocycles. The van der Waals surface area contributed by atoms with E-state index in [4.69, 9.17) is 0 Å². The first kappa shape index (κ1) is 13.3. The topological polar surface area (TPSA) is 18.8 Å². The number of rotatable bonds is 4. The molecule has 0 aliphatic carbocycles. The first-order valence-corrected chi connectivity index (χ1v) is 5.71. The Kier molecular flexibility index (Phi) is 4.76. The SMILES string of the molecule is C=C(/C=C/C1N(C)C=CN1C)N=C/C(C)=C/C. The molecule has 0 aromatic carbocycles. The van der Waals surface area contributed by atoms with E-state index in [9.17, 15) is 0 Å². The van der Waals surface area contributed by atoms with Crippen molar-refractivity contribution < 1.29 is 0 Å². The van der Waals surface area contributed by atoms with Crippen LogP contribution in [0.5, 0.6) is 0 Å². The quantitative estimate of drug-likeness (QED) is 0.547. The third-order valence-electron chi connectivity index (χ3n) is 2.72. The molecule has 0 spiro atoms. The predicted molar refractivity (Wildman–Crippen MR) is 74.7 cm³/mol. The Hall–Kier alpha value is -1.77. The zero-order valence-corrected chi connectivity index (χ0v) is 11.1. The standard InChI is InChI=1S/C14H21N3/c1-6-12(2)11-15-13(3)7-8-14-16(4)9-10-17(14)5/h6-11,14H,3H2,1-2,4-5H3/b8-7+,12-6+,15-11?. The minimum Gasteiger partial charge on any atom is -0.356 e. The van der Waals surface area contributed by atoms with Gasteiger partial charge in [0, 0.05) is 32.7 Å². The van der Waals surface area contributed by atoms with Crippen LogP contribution in [-0.2, 0) is 0 Å². The van der Waals surface area contributed by atoms with E-state index >= 15 is 0 Å². The summed E-state index contributed by atoms with van der Waals surface area (Å²) in [5.41, 5.74) is 1.90. The van der Waals surface area contributed by atoms with Gasteiger partial charge in [-0.15, -0.1) is 0 Å². The van der Waals surface area contributed by atoms with E-state index in [1.807, 2.05) is 58.7 Å². The highest BCUT2D eigenvalue weighted by atomic mass is 15.4. The summed E-state index contributed by atoms with van der Waals surface area (Å²) in [6, 6.07) is 0. The Labute approximate surface area is 104 Å². The average Bonchev–Trinajstić information content (AvgIpc) is 2.63. The summed E-state index contributed by atoms with van der Waals surface area (Å²) in [5.74, 6) is 0. The molecule has 3 heteroatoms. The molecule has 0 aromatic rings.